The maximum absolute atomic E-state index is 3.48. The largest absolute Gasteiger partial charge is 0.315 e. The second kappa shape index (κ2) is 6.06. The van der Waals surface area contributed by atoms with Crippen LogP contribution >= 0.6 is 0 Å². The molecule has 2 rings (SSSR count). The van der Waals surface area contributed by atoms with E-state index in [-0.39, 0.29) is 5.41 Å². The van der Waals surface area contributed by atoms with E-state index in [1.807, 2.05) is 0 Å². The predicted molar refractivity (Wildman–Crippen MR) is 82.5 cm³/mol. The molecule has 1 aliphatic rings. The third kappa shape index (κ3) is 4.05. The van der Waals surface area contributed by atoms with Crippen molar-refractivity contribution in [3.8, 4) is 0 Å². The summed E-state index contributed by atoms with van der Waals surface area (Å²) < 4.78 is 0. The molecule has 1 heterocycles. The van der Waals surface area contributed by atoms with Crippen LogP contribution in [0, 0.1) is 0 Å². The molecule has 0 aliphatic carbocycles. The monoisotopic (exact) mass is 260 g/mol. The Kier molecular flexibility index (Phi) is 4.64. The van der Waals surface area contributed by atoms with Gasteiger partial charge >= 0.3 is 0 Å². The fraction of sp³-hybridized carbons (Fsp3) is 0.647. The standard InChI is InChI=1S/C17H28N2/c1-14-9-10-18-11-12-19(14)13-15-5-7-16(8-6-15)17(2,3)4/h5-8,14,18H,9-13H2,1-4H3. The molecule has 0 radical (unpaired) electrons. The molecule has 1 aromatic carbocycles. The average Bonchev–Trinajstić information content (AvgIpc) is 2.55. The van der Waals surface area contributed by atoms with Gasteiger partial charge < -0.3 is 5.32 Å². The zero-order chi connectivity index (χ0) is 13.9. The summed E-state index contributed by atoms with van der Waals surface area (Å²) in [7, 11) is 0. The topological polar surface area (TPSA) is 15.3 Å². The molecule has 1 unspecified atom stereocenters. The highest BCUT2D eigenvalue weighted by atomic mass is 15.2. The van der Waals surface area contributed by atoms with Crippen molar-refractivity contribution in [1.82, 2.24) is 10.2 Å². The number of hydrogen-bond acceptors (Lipinski definition) is 2. The van der Waals surface area contributed by atoms with Gasteiger partial charge in [0.2, 0.25) is 0 Å². The molecule has 1 atom stereocenters. The summed E-state index contributed by atoms with van der Waals surface area (Å²) in [6.07, 6.45) is 1.25. The quantitative estimate of drug-likeness (QED) is 0.878. The molecular weight excluding hydrogens is 232 g/mol. The van der Waals surface area contributed by atoms with Crippen molar-refractivity contribution in [2.24, 2.45) is 0 Å². The van der Waals surface area contributed by atoms with E-state index in [9.17, 15) is 0 Å². The predicted octanol–water partition coefficient (Wildman–Crippen LogP) is 3.17. The van der Waals surface area contributed by atoms with Gasteiger partial charge in [-0.2, -0.15) is 0 Å². The first kappa shape index (κ1) is 14.5. The molecule has 1 N–H and O–H groups in total. The van der Waals surface area contributed by atoms with E-state index in [4.69, 9.17) is 0 Å². The molecule has 0 saturated carbocycles. The molecule has 2 nitrogen and oxygen atoms in total. The van der Waals surface area contributed by atoms with Crippen LogP contribution in [0.2, 0.25) is 0 Å². The van der Waals surface area contributed by atoms with Crippen molar-refractivity contribution in [2.75, 3.05) is 19.6 Å². The van der Waals surface area contributed by atoms with Crippen LogP contribution in [0.15, 0.2) is 24.3 Å². The Labute approximate surface area is 118 Å². The molecular formula is C17H28N2. The summed E-state index contributed by atoms with van der Waals surface area (Å²) in [5, 5.41) is 3.48. The molecule has 0 aromatic heterocycles. The third-order valence-electron chi connectivity index (χ3n) is 4.14. The molecule has 1 saturated heterocycles. The van der Waals surface area contributed by atoms with Gasteiger partial charge in [0.25, 0.3) is 0 Å². The number of nitrogens with zero attached hydrogens (tertiary/aromatic N) is 1. The SMILES string of the molecule is CC1CCNCCN1Cc1ccc(C(C)(C)C)cc1. The molecule has 1 aromatic rings. The fourth-order valence-electron chi connectivity index (χ4n) is 2.64. The Morgan fingerprint density at radius 2 is 1.84 bits per heavy atom. The summed E-state index contributed by atoms with van der Waals surface area (Å²) in [6.45, 7) is 13.6. The van der Waals surface area contributed by atoms with Crippen molar-refractivity contribution < 1.29 is 0 Å². The second-order valence-corrected chi connectivity index (χ2v) is 6.81. The minimum atomic E-state index is 0.248. The molecule has 2 heteroatoms. The Balaban J connectivity index is 2.02. The maximum atomic E-state index is 3.48. The van der Waals surface area contributed by atoms with Crippen LogP contribution in [0.1, 0.15) is 45.2 Å². The summed E-state index contributed by atoms with van der Waals surface area (Å²) in [4.78, 5) is 2.59. The molecule has 0 bridgehead atoms. The Morgan fingerprint density at radius 3 is 2.47 bits per heavy atom. The van der Waals surface area contributed by atoms with Gasteiger partial charge in [0.15, 0.2) is 0 Å². The van der Waals surface area contributed by atoms with Crippen LogP contribution in [0.5, 0.6) is 0 Å². The Bertz CT molecular complexity index is 389. The second-order valence-electron chi connectivity index (χ2n) is 6.81. The molecule has 0 amide bonds. The van der Waals surface area contributed by atoms with Crippen molar-refractivity contribution >= 4 is 0 Å². The van der Waals surface area contributed by atoms with E-state index in [0.717, 1.165) is 26.2 Å². The first-order valence-electron chi connectivity index (χ1n) is 7.51. The van der Waals surface area contributed by atoms with Gasteiger partial charge in [-0.05, 0) is 36.4 Å². The number of nitrogens with one attached hydrogen (secondary N) is 1. The van der Waals surface area contributed by atoms with E-state index in [1.165, 1.54) is 17.5 Å². The molecule has 106 valence electrons. The zero-order valence-corrected chi connectivity index (χ0v) is 12.9. The summed E-state index contributed by atoms with van der Waals surface area (Å²) in [5.41, 5.74) is 3.10. The Hall–Kier alpha value is -0.860. The number of hydrogen-bond donors (Lipinski definition) is 1. The zero-order valence-electron chi connectivity index (χ0n) is 12.9. The van der Waals surface area contributed by atoms with Crippen LogP contribution in [0.4, 0.5) is 0 Å². The van der Waals surface area contributed by atoms with Gasteiger partial charge in [-0.1, -0.05) is 45.0 Å². The number of rotatable bonds is 2. The normalized spacial score (nSPS) is 22.2. The maximum Gasteiger partial charge on any atom is 0.0237 e. The fourth-order valence-corrected chi connectivity index (χ4v) is 2.64. The minimum Gasteiger partial charge on any atom is -0.315 e. The first-order chi connectivity index (χ1) is 8.97. The lowest BCUT2D eigenvalue weighted by Crippen LogP contribution is -2.33. The lowest BCUT2D eigenvalue weighted by atomic mass is 9.87. The van der Waals surface area contributed by atoms with E-state index >= 15 is 0 Å². The van der Waals surface area contributed by atoms with E-state index in [0.29, 0.717) is 6.04 Å². The van der Waals surface area contributed by atoms with E-state index < -0.39 is 0 Å². The molecule has 0 spiro atoms. The van der Waals surface area contributed by atoms with Crippen molar-refractivity contribution in [1.29, 1.82) is 0 Å². The molecule has 19 heavy (non-hydrogen) atoms. The van der Waals surface area contributed by atoms with Gasteiger partial charge in [-0.15, -0.1) is 0 Å². The number of benzene rings is 1. The summed E-state index contributed by atoms with van der Waals surface area (Å²) in [6, 6.07) is 9.85. The highest BCUT2D eigenvalue weighted by Crippen LogP contribution is 2.22. The lowest BCUT2D eigenvalue weighted by Gasteiger charge is -2.27. The summed E-state index contributed by atoms with van der Waals surface area (Å²) in [5.74, 6) is 0. The first-order valence-corrected chi connectivity index (χ1v) is 7.51. The minimum absolute atomic E-state index is 0.248. The van der Waals surface area contributed by atoms with Crippen LogP contribution in [0.25, 0.3) is 0 Å². The highest BCUT2D eigenvalue weighted by molar-refractivity contribution is 5.27. The van der Waals surface area contributed by atoms with Gasteiger partial charge in [0.05, 0.1) is 0 Å². The third-order valence-corrected chi connectivity index (χ3v) is 4.14. The average molecular weight is 260 g/mol. The molecule has 1 fully saturated rings. The van der Waals surface area contributed by atoms with Crippen molar-refractivity contribution in [2.45, 2.75) is 52.1 Å². The van der Waals surface area contributed by atoms with Gasteiger partial charge in [0.1, 0.15) is 0 Å². The van der Waals surface area contributed by atoms with Crippen molar-refractivity contribution in [3.63, 3.8) is 0 Å². The summed E-state index contributed by atoms with van der Waals surface area (Å²) >= 11 is 0. The van der Waals surface area contributed by atoms with Gasteiger partial charge in [-0.3, -0.25) is 4.90 Å². The van der Waals surface area contributed by atoms with Crippen molar-refractivity contribution in [3.05, 3.63) is 35.4 Å². The van der Waals surface area contributed by atoms with Crippen LogP contribution < -0.4 is 5.32 Å². The van der Waals surface area contributed by atoms with Gasteiger partial charge in [-0.25, -0.2) is 0 Å². The van der Waals surface area contributed by atoms with Crippen LogP contribution in [-0.4, -0.2) is 30.6 Å². The molecule has 1 aliphatic heterocycles. The Morgan fingerprint density at radius 1 is 1.16 bits per heavy atom. The van der Waals surface area contributed by atoms with Gasteiger partial charge in [0, 0.05) is 25.7 Å². The van der Waals surface area contributed by atoms with Crippen LogP contribution in [-0.2, 0) is 12.0 Å². The highest BCUT2D eigenvalue weighted by Gasteiger charge is 2.17. The van der Waals surface area contributed by atoms with E-state index in [1.54, 1.807) is 0 Å². The lowest BCUT2D eigenvalue weighted by molar-refractivity contribution is 0.211. The smallest absolute Gasteiger partial charge is 0.0237 e. The van der Waals surface area contributed by atoms with E-state index in [2.05, 4.69) is 62.2 Å². The van der Waals surface area contributed by atoms with Crippen LogP contribution in [0.3, 0.4) is 0 Å².